The molecule has 0 aromatic carbocycles. The number of hydrogen-bond acceptors (Lipinski definition) is 12. The van der Waals surface area contributed by atoms with E-state index in [1.807, 2.05) is 55.4 Å². The number of nitrogens with one attached hydrogen (secondary N) is 4. The van der Waals surface area contributed by atoms with Crippen LogP contribution in [0.2, 0.25) is 0 Å². The van der Waals surface area contributed by atoms with Gasteiger partial charge in [0.25, 0.3) is 0 Å². The Bertz CT molecular complexity index is 2440. The predicted molar refractivity (Wildman–Crippen MR) is 332 cm³/mol. The van der Waals surface area contributed by atoms with E-state index in [0.717, 1.165) is 9.80 Å². The Morgan fingerprint density at radius 2 is 0.907 bits per heavy atom. The van der Waals surface area contributed by atoms with Gasteiger partial charge < -0.3 is 60.7 Å². The minimum absolute atomic E-state index is 0.00128. The van der Waals surface area contributed by atoms with Gasteiger partial charge in [0.2, 0.25) is 65.0 Å². The molecule has 0 unspecified atom stereocenters. The van der Waals surface area contributed by atoms with E-state index in [1.165, 1.54) is 93.8 Å². The Balaban J connectivity index is 4.34. The summed E-state index contributed by atoms with van der Waals surface area (Å²) in [6.45, 7) is 30.9. The minimum Gasteiger partial charge on any atom is -0.390 e. The van der Waals surface area contributed by atoms with Crippen molar-refractivity contribution >= 4 is 65.0 Å². The van der Waals surface area contributed by atoms with Crippen molar-refractivity contribution in [2.45, 2.75) is 216 Å². The van der Waals surface area contributed by atoms with Gasteiger partial charge in [-0.1, -0.05) is 115 Å². The van der Waals surface area contributed by atoms with Gasteiger partial charge in [-0.25, -0.2) is 0 Å². The van der Waals surface area contributed by atoms with Crippen molar-refractivity contribution in [2.75, 3.05) is 55.9 Å². The second kappa shape index (κ2) is 35.3. The summed E-state index contributed by atoms with van der Waals surface area (Å²) >= 11 is 0. The van der Waals surface area contributed by atoms with Crippen LogP contribution >= 0.6 is 0 Å². The Morgan fingerprint density at radius 3 is 1.36 bits per heavy atom. The molecule has 1 saturated heterocycles. The Kier molecular flexibility index (Phi) is 31.8. The van der Waals surface area contributed by atoms with Crippen molar-refractivity contribution < 1.29 is 57.8 Å². The van der Waals surface area contributed by atoms with Crippen molar-refractivity contribution in [3.05, 3.63) is 12.7 Å². The second-order valence-electron chi connectivity index (χ2n) is 26.0. The highest BCUT2D eigenvalue weighted by Gasteiger charge is 2.46. The number of aliphatic hydroxyl groups is 1. The number of carbonyl (C=O) groups is 11. The van der Waals surface area contributed by atoms with E-state index >= 15 is 9.59 Å². The average Bonchev–Trinajstić information content (AvgIpc) is 3.63. The first-order chi connectivity index (χ1) is 39.7. The zero-order chi connectivity index (χ0) is 66.7. The molecule has 1 aliphatic heterocycles. The van der Waals surface area contributed by atoms with Crippen molar-refractivity contribution in [3.8, 4) is 11.8 Å². The standard InChI is InChI=1S/C63H109N11O12/c1-25-27-28-29-41(15)53(76)52-57(80)66-44(26-2)59(82)68(18)34-49(75)69(19)45(30-35(3)4)56(79)67-50(39(11)12)62(85)70(20)46(31-36(5)6)55(78)64-42(16)54(77)65-43(17)58(81)71(21)47(32-37(7)8)60(83)72(22)48(33-38(9)10)61(84)73(23)51(40(13)14)63(86)74(52)24/h25,35-48,50-53,76H,1,26,29-34H2,2-24H3,(H,64,78)(H,65,77)(H,66,80)(H,67,79)/t41-,42+,43-,44+,45+,46+,47+,48+,50+,51+,52+,53-/m1/s1. The van der Waals surface area contributed by atoms with Gasteiger partial charge in [-0.3, -0.25) is 52.7 Å². The van der Waals surface area contributed by atoms with Crippen LogP contribution in [-0.4, -0.2) is 227 Å². The van der Waals surface area contributed by atoms with Crippen LogP contribution in [0.5, 0.6) is 0 Å². The monoisotopic (exact) mass is 1210 g/mol. The topological polar surface area (TPSA) is 279 Å². The van der Waals surface area contributed by atoms with E-state index in [-0.39, 0.29) is 62.2 Å². The normalized spacial score (nSPS) is 26.4. The molecule has 0 spiro atoms. The molecular formula is C63H109N11O12. The van der Waals surface area contributed by atoms with E-state index in [9.17, 15) is 48.3 Å². The third-order valence-electron chi connectivity index (χ3n) is 16.0. The summed E-state index contributed by atoms with van der Waals surface area (Å²) < 4.78 is 0. The van der Waals surface area contributed by atoms with Crippen molar-refractivity contribution in [3.63, 3.8) is 0 Å². The summed E-state index contributed by atoms with van der Waals surface area (Å²) in [4.78, 5) is 169. The number of aliphatic hydroxyl groups excluding tert-OH is 1. The number of amides is 11. The molecule has 86 heavy (non-hydrogen) atoms. The number of likely N-dealkylation sites (N-methyl/N-ethyl adjacent to an activating group) is 7. The van der Waals surface area contributed by atoms with E-state index in [4.69, 9.17) is 0 Å². The molecule has 0 radical (unpaired) electrons. The fraction of sp³-hybridized carbons (Fsp3) is 0.762. The highest BCUT2D eigenvalue weighted by molar-refractivity contribution is 5.99. The third kappa shape index (κ3) is 21.7. The first kappa shape index (κ1) is 77.4. The molecule has 23 heteroatoms. The van der Waals surface area contributed by atoms with Gasteiger partial charge in [-0.15, -0.1) is 0 Å². The number of allylic oxidation sites excluding steroid dienone is 1. The van der Waals surface area contributed by atoms with E-state index in [2.05, 4.69) is 39.7 Å². The highest BCUT2D eigenvalue weighted by atomic mass is 16.3. The number of hydrogen-bond donors (Lipinski definition) is 5. The lowest BCUT2D eigenvalue weighted by molar-refractivity contribution is -0.157. The molecule has 1 fully saturated rings. The molecule has 1 aliphatic rings. The molecule has 0 aliphatic carbocycles. The van der Waals surface area contributed by atoms with Crippen LogP contribution in [0.4, 0.5) is 0 Å². The van der Waals surface area contributed by atoms with Gasteiger partial charge in [0.05, 0.1) is 12.6 Å². The largest absolute Gasteiger partial charge is 0.390 e. The summed E-state index contributed by atoms with van der Waals surface area (Å²) in [5, 5.41) is 23.0. The Labute approximate surface area is 514 Å². The molecule has 12 atom stereocenters. The van der Waals surface area contributed by atoms with E-state index < -0.39 is 156 Å². The minimum atomic E-state index is -1.67. The summed E-state index contributed by atoms with van der Waals surface area (Å²) in [6, 6.07) is -12.5. The van der Waals surface area contributed by atoms with Gasteiger partial charge in [-0.2, -0.15) is 0 Å². The first-order valence-corrected chi connectivity index (χ1v) is 30.5. The third-order valence-corrected chi connectivity index (χ3v) is 16.0. The number of carbonyl (C=O) groups excluding carboxylic acids is 11. The lowest BCUT2D eigenvalue weighted by Crippen LogP contribution is -2.63. The van der Waals surface area contributed by atoms with Crippen LogP contribution in [0.25, 0.3) is 0 Å². The van der Waals surface area contributed by atoms with Crippen LogP contribution in [0, 0.1) is 53.3 Å². The molecule has 23 nitrogen and oxygen atoms in total. The van der Waals surface area contributed by atoms with Crippen LogP contribution in [0.1, 0.15) is 149 Å². The second-order valence-corrected chi connectivity index (χ2v) is 26.0. The lowest BCUT2D eigenvalue weighted by atomic mass is 9.91. The fourth-order valence-corrected chi connectivity index (χ4v) is 10.6. The van der Waals surface area contributed by atoms with Crippen LogP contribution in [-0.2, 0) is 52.7 Å². The van der Waals surface area contributed by atoms with E-state index in [0.29, 0.717) is 0 Å². The predicted octanol–water partition coefficient (Wildman–Crippen LogP) is 2.88. The SMILES string of the molecule is C=CC#CC[C@@H](C)[C@@H](O)[C@H]1C(=O)N[C@@H](CC)C(=O)N(C)CC(=O)N(C)[C@@H](CC(C)C)C(=O)N[C@@H](C(C)C)C(=O)N(C)[C@@H](CC(C)C)C(=O)N[C@@H](C)C(=O)N[C@H](C)C(=O)N(C)[C@@H](CC(C)C)C(=O)N(C)[C@@H](CC(C)C)C(=O)N(C)[C@@H](C(C)C)C(=O)N1C. The summed E-state index contributed by atoms with van der Waals surface area (Å²) in [5.41, 5.74) is 0. The molecule has 5 N–H and O–H groups in total. The molecular weight excluding hydrogens is 1100 g/mol. The van der Waals surface area contributed by atoms with Gasteiger partial charge in [0.15, 0.2) is 0 Å². The molecule has 488 valence electrons. The summed E-state index contributed by atoms with van der Waals surface area (Å²) in [7, 11) is 9.83. The van der Waals surface area contributed by atoms with Gasteiger partial charge in [0.1, 0.15) is 60.4 Å². The summed E-state index contributed by atoms with van der Waals surface area (Å²) in [5.74, 6) is -4.46. The molecule has 0 saturated carbocycles. The molecule has 0 bridgehead atoms. The molecule has 0 aromatic rings. The fourth-order valence-electron chi connectivity index (χ4n) is 10.6. The van der Waals surface area contributed by atoms with Crippen LogP contribution < -0.4 is 21.3 Å². The highest BCUT2D eigenvalue weighted by Crippen LogP contribution is 2.25. The molecule has 0 aromatic heterocycles. The quantitative estimate of drug-likeness (QED) is 0.157. The maximum absolute atomic E-state index is 15.1. The van der Waals surface area contributed by atoms with Gasteiger partial charge in [0, 0.05) is 55.8 Å². The van der Waals surface area contributed by atoms with Crippen molar-refractivity contribution in [2.24, 2.45) is 41.4 Å². The molecule has 1 rings (SSSR count). The average molecular weight is 1210 g/mol. The van der Waals surface area contributed by atoms with Crippen LogP contribution in [0.3, 0.4) is 0 Å². The zero-order valence-electron chi connectivity index (χ0n) is 56.2. The summed E-state index contributed by atoms with van der Waals surface area (Å²) in [6.07, 6.45) is 0.439. The van der Waals surface area contributed by atoms with Crippen LogP contribution in [0.15, 0.2) is 12.7 Å². The van der Waals surface area contributed by atoms with Gasteiger partial charge in [-0.05, 0) is 93.5 Å². The van der Waals surface area contributed by atoms with Crippen molar-refractivity contribution in [1.82, 2.24) is 55.6 Å². The Hall–Kier alpha value is -6.57. The molecule has 1 heterocycles. The maximum atomic E-state index is 15.1. The molecule has 11 amide bonds. The van der Waals surface area contributed by atoms with Crippen molar-refractivity contribution in [1.29, 1.82) is 0 Å². The van der Waals surface area contributed by atoms with E-state index in [1.54, 1.807) is 41.5 Å². The van der Waals surface area contributed by atoms with Gasteiger partial charge >= 0.3 is 0 Å². The maximum Gasteiger partial charge on any atom is 0.246 e. The zero-order valence-corrected chi connectivity index (χ0v) is 56.2. The first-order valence-electron chi connectivity index (χ1n) is 30.5. The smallest absolute Gasteiger partial charge is 0.246 e. The number of nitrogens with zero attached hydrogens (tertiary/aromatic N) is 7. The number of rotatable bonds is 14. The lowest BCUT2D eigenvalue weighted by Gasteiger charge is -2.41. The Morgan fingerprint density at radius 1 is 0.488 bits per heavy atom.